The van der Waals surface area contributed by atoms with Gasteiger partial charge in [0.05, 0.1) is 7.11 Å². The molecule has 1 fully saturated rings. The van der Waals surface area contributed by atoms with Crippen molar-refractivity contribution in [1.82, 2.24) is 5.32 Å². The highest BCUT2D eigenvalue weighted by molar-refractivity contribution is 9.10. The summed E-state index contributed by atoms with van der Waals surface area (Å²) >= 11 is 3.52. The van der Waals surface area contributed by atoms with Crippen LogP contribution in [0.5, 0.6) is 5.75 Å². The van der Waals surface area contributed by atoms with E-state index in [0.717, 1.165) is 23.3 Å². The van der Waals surface area contributed by atoms with Gasteiger partial charge in [-0.15, -0.1) is 0 Å². The van der Waals surface area contributed by atoms with Crippen LogP contribution in [0.4, 0.5) is 0 Å². The van der Waals surface area contributed by atoms with Gasteiger partial charge in [-0.2, -0.15) is 0 Å². The molecule has 1 aliphatic rings. The molecule has 2 rings (SSSR count). The highest BCUT2D eigenvalue weighted by atomic mass is 79.9. The van der Waals surface area contributed by atoms with Crippen LogP contribution in [-0.4, -0.2) is 20.2 Å². The van der Waals surface area contributed by atoms with Crippen molar-refractivity contribution in [3.63, 3.8) is 0 Å². The maximum Gasteiger partial charge on any atom is 0.120 e. The molecule has 2 nitrogen and oxygen atoms in total. The second-order valence-corrected chi connectivity index (χ2v) is 4.88. The average Bonchev–Trinajstić information content (AvgIpc) is 2.29. The molecular weight excluding hydrogens is 254 g/mol. The quantitative estimate of drug-likeness (QED) is 0.892. The van der Waals surface area contributed by atoms with E-state index in [2.05, 4.69) is 33.4 Å². The van der Waals surface area contributed by atoms with Crippen LogP contribution >= 0.6 is 15.9 Å². The fourth-order valence-corrected chi connectivity index (χ4v) is 2.56. The third-order valence-electron chi connectivity index (χ3n) is 2.90. The van der Waals surface area contributed by atoms with Crippen LogP contribution in [0, 0.1) is 0 Å². The van der Waals surface area contributed by atoms with Crippen LogP contribution in [0.15, 0.2) is 22.7 Å². The van der Waals surface area contributed by atoms with Gasteiger partial charge in [-0.1, -0.05) is 15.9 Å². The number of halogens is 1. The third-order valence-corrected chi connectivity index (χ3v) is 3.36. The number of rotatable bonds is 2. The summed E-state index contributed by atoms with van der Waals surface area (Å²) in [4.78, 5) is 0. The Bertz CT molecular complexity index is 334. The predicted octanol–water partition coefficient (Wildman–Crippen LogP) is 2.92. The van der Waals surface area contributed by atoms with Gasteiger partial charge in [0.15, 0.2) is 0 Å². The van der Waals surface area contributed by atoms with E-state index < -0.39 is 0 Å². The topological polar surface area (TPSA) is 21.3 Å². The first-order valence-electron chi connectivity index (χ1n) is 5.35. The van der Waals surface area contributed by atoms with Crippen molar-refractivity contribution in [1.29, 1.82) is 0 Å². The summed E-state index contributed by atoms with van der Waals surface area (Å²) in [5, 5.41) is 3.43. The molecule has 1 N–H and O–H groups in total. The summed E-state index contributed by atoms with van der Waals surface area (Å²) in [6.45, 7) is 2.24. The Hall–Kier alpha value is -0.540. The lowest BCUT2D eigenvalue weighted by Crippen LogP contribution is -2.28. The molecule has 0 bridgehead atoms. The van der Waals surface area contributed by atoms with Crippen molar-refractivity contribution in [3.05, 3.63) is 28.2 Å². The molecule has 0 aromatic heterocycles. The van der Waals surface area contributed by atoms with Crippen molar-refractivity contribution in [3.8, 4) is 5.75 Å². The van der Waals surface area contributed by atoms with Gasteiger partial charge in [-0.05, 0) is 49.1 Å². The third kappa shape index (κ3) is 2.73. The molecule has 0 radical (unpaired) electrons. The zero-order chi connectivity index (χ0) is 10.7. The summed E-state index contributed by atoms with van der Waals surface area (Å²) in [5.74, 6) is 1.56. The van der Waals surface area contributed by atoms with E-state index in [-0.39, 0.29) is 0 Å². The number of nitrogens with one attached hydrogen (secondary N) is 1. The van der Waals surface area contributed by atoms with E-state index in [0.29, 0.717) is 5.92 Å². The van der Waals surface area contributed by atoms with E-state index in [4.69, 9.17) is 4.74 Å². The molecule has 3 heteroatoms. The van der Waals surface area contributed by atoms with Gasteiger partial charge in [0.1, 0.15) is 5.75 Å². The standard InChI is InChI=1S/C12H16BrNO/c1-15-12-6-10(5-11(13)7-12)9-3-2-4-14-8-9/h5-7,9,14H,2-4,8H2,1H3/t9-/m1/s1. The van der Waals surface area contributed by atoms with Crippen LogP contribution in [-0.2, 0) is 0 Å². The molecular formula is C12H16BrNO. The summed E-state index contributed by atoms with van der Waals surface area (Å²) in [6.07, 6.45) is 2.53. The second-order valence-electron chi connectivity index (χ2n) is 3.97. The van der Waals surface area contributed by atoms with E-state index in [1.807, 2.05) is 6.07 Å². The normalized spacial score (nSPS) is 21.3. The Kier molecular flexibility index (Phi) is 3.65. The molecule has 15 heavy (non-hydrogen) atoms. The molecule has 0 spiro atoms. The Labute approximate surface area is 99.1 Å². The van der Waals surface area contributed by atoms with Crippen LogP contribution < -0.4 is 10.1 Å². The lowest BCUT2D eigenvalue weighted by atomic mass is 9.92. The first kappa shape index (κ1) is 11.0. The molecule has 1 aromatic rings. The van der Waals surface area contributed by atoms with E-state index in [1.165, 1.54) is 18.4 Å². The maximum atomic E-state index is 5.28. The number of benzene rings is 1. The average molecular weight is 270 g/mol. The van der Waals surface area contributed by atoms with Gasteiger partial charge in [0, 0.05) is 11.0 Å². The molecule has 1 aromatic carbocycles. The Morgan fingerprint density at radius 1 is 1.40 bits per heavy atom. The fraction of sp³-hybridized carbons (Fsp3) is 0.500. The van der Waals surface area contributed by atoms with E-state index in [9.17, 15) is 0 Å². The molecule has 0 saturated carbocycles. The van der Waals surface area contributed by atoms with Crippen molar-refractivity contribution in [2.24, 2.45) is 0 Å². The van der Waals surface area contributed by atoms with Crippen molar-refractivity contribution in [2.45, 2.75) is 18.8 Å². The number of methoxy groups -OCH3 is 1. The fourth-order valence-electron chi connectivity index (χ4n) is 2.07. The Morgan fingerprint density at radius 2 is 2.27 bits per heavy atom. The van der Waals surface area contributed by atoms with Crippen LogP contribution in [0.3, 0.4) is 0 Å². The zero-order valence-corrected chi connectivity index (χ0v) is 10.5. The minimum absolute atomic E-state index is 0.630. The van der Waals surface area contributed by atoms with Crippen molar-refractivity contribution < 1.29 is 4.74 Å². The molecule has 1 aliphatic heterocycles. The van der Waals surface area contributed by atoms with Crippen LogP contribution in [0.25, 0.3) is 0 Å². The first-order valence-corrected chi connectivity index (χ1v) is 6.14. The molecule has 0 amide bonds. The summed E-state index contributed by atoms with van der Waals surface area (Å²) in [5.41, 5.74) is 1.37. The molecule has 1 heterocycles. The SMILES string of the molecule is COc1cc(Br)cc([C@@H]2CCCNC2)c1. The molecule has 1 saturated heterocycles. The van der Waals surface area contributed by atoms with Gasteiger partial charge in [-0.25, -0.2) is 0 Å². The lowest BCUT2D eigenvalue weighted by molar-refractivity contribution is 0.411. The number of piperidine rings is 1. The Morgan fingerprint density at radius 3 is 2.93 bits per heavy atom. The van der Waals surface area contributed by atoms with Crippen molar-refractivity contribution in [2.75, 3.05) is 20.2 Å². The highest BCUT2D eigenvalue weighted by Gasteiger charge is 2.16. The van der Waals surface area contributed by atoms with Gasteiger partial charge in [0.25, 0.3) is 0 Å². The van der Waals surface area contributed by atoms with E-state index in [1.54, 1.807) is 7.11 Å². The van der Waals surface area contributed by atoms with E-state index >= 15 is 0 Å². The molecule has 0 aliphatic carbocycles. The summed E-state index contributed by atoms with van der Waals surface area (Å²) in [7, 11) is 1.71. The number of hydrogen-bond donors (Lipinski definition) is 1. The first-order chi connectivity index (χ1) is 7.29. The monoisotopic (exact) mass is 269 g/mol. The van der Waals surface area contributed by atoms with Gasteiger partial charge >= 0.3 is 0 Å². The van der Waals surface area contributed by atoms with Crippen LogP contribution in [0.2, 0.25) is 0 Å². The number of hydrogen-bond acceptors (Lipinski definition) is 2. The lowest BCUT2D eigenvalue weighted by Gasteiger charge is -2.23. The number of ether oxygens (including phenoxy) is 1. The molecule has 0 unspecified atom stereocenters. The molecule has 1 atom stereocenters. The van der Waals surface area contributed by atoms with Crippen LogP contribution in [0.1, 0.15) is 24.3 Å². The predicted molar refractivity (Wildman–Crippen MR) is 65.5 cm³/mol. The summed E-state index contributed by atoms with van der Waals surface area (Å²) in [6, 6.07) is 6.34. The Balaban J connectivity index is 2.22. The van der Waals surface area contributed by atoms with Crippen molar-refractivity contribution >= 4 is 15.9 Å². The van der Waals surface area contributed by atoms with Gasteiger partial charge in [-0.3, -0.25) is 0 Å². The zero-order valence-electron chi connectivity index (χ0n) is 8.92. The highest BCUT2D eigenvalue weighted by Crippen LogP contribution is 2.29. The largest absolute Gasteiger partial charge is 0.497 e. The maximum absolute atomic E-state index is 5.28. The second kappa shape index (κ2) is 4.99. The minimum atomic E-state index is 0.630. The summed E-state index contributed by atoms with van der Waals surface area (Å²) < 4.78 is 6.38. The molecule has 82 valence electrons. The van der Waals surface area contributed by atoms with Gasteiger partial charge < -0.3 is 10.1 Å². The smallest absolute Gasteiger partial charge is 0.120 e. The minimum Gasteiger partial charge on any atom is -0.497 e. The van der Waals surface area contributed by atoms with Gasteiger partial charge in [0.2, 0.25) is 0 Å².